The fourth-order valence-corrected chi connectivity index (χ4v) is 3.58. The summed E-state index contributed by atoms with van der Waals surface area (Å²) >= 11 is 5.90. The van der Waals surface area contributed by atoms with E-state index in [-0.39, 0.29) is 9.92 Å². The average Bonchev–Trinajstić information content (AvgIpc) is 2.48. The lowest BCUT2D eigenvalue weighted by Crippen LogP contribution is -2.16. The highest BCUT2D eigenvalue weighted by molar-refractivity contribution is 7.92. The molecule has 2 rings (SSSR count). The van der Waals surface area contributed by atoms with Crippen LogP contribution in [-0.4, -0.2) is 21.5 Å². The van der Waals surface area contributed by atoms with E-state index in [1.807, 2.05) is 4.72 Å². The number of rotatable bonds is 4. The van der Waals surface area contributed by atoms with Crippen molar-refractivity contribution in [3.05, 3.63) is 58.1 Å². The number of benzene rings is 2. The standard InChI is InChI=1S/C15H12ClF2NO4S/c1-8-3-4-14(10(16)5-8)24(21,22)19-13-6-9(15(20)23-2)11(17)7-12(13)18/h3-7,19H,1-2H3. The first kappa shape index (κ1) is 18.2. The molecular weight excluding hydrogens is 364 g/mol. The normalized spacial score (nSPS) is 11.2. The van der Waals surface area contributed by atoms with E-state index >= 15 is 0 Å². The van der Waals surface area contributed by atoms with E-state index in [1.165, 1.54) is 18.2 Å². The molecule has 2 aromatic carbocycles. The van der Waals surface area contributed by atoms with Gasteiger partial charge in [-0.3, -0.25) is 4.72 Å². The summed E-state index contributed by atoms with van der Waals surface area (Å²) < 4.78 is 58.5. The monoisotopic (exact) mass is 375 g/mol. The van der Waals surface area contributed by atoms with Crippen molar-refractivity contribution in [2.45, 2.75) is 11.8 Å². The van der Waals surface area contributed by atoms with Crippen LogP contribution in [0.25, 0.3) is 0 Å². The molecule has 0 aliphatic heterocycles. The maximum Gasteiger partial charge on any atom is 0.340 e. The highest BCUT2D eigenvalue weighted by Gasteiger charge is 2.22. The van der Waals surface area contributed by atoms with Gasteiger partial charge < -0.3 is 4.74 Å². The first-order chi connectivity index (χ1) is 11.2. The molecule has 2 aromatic rings. The number of ether oxygens (including phenoxy) is 1. The van der Waals surface area contributed by atoms with Gasteiger partial charge in [-0.05, 0) is 30.7 Å². The summed E-state index contributed by atoms with van der Waals surface area (Å²) in [5.41, 5.74) is -0.472. The largest absolute Gasteiger partial charge is 0.465 e. The van der Waals surface area contributed by atoms with E-state index in [0.29, 0.717) is 6.07 Å². The quantitative estimate of drug-likeness (QED) is 0.830. The summed E-state index contributed by atoms with van der Waals surface area (Å²) in [6, 6.07) is 5.30. The number of carbonyl (C=O) groups excluding carboxylic acids is 1. The third-order valence-electron chi connectivity index (χ3n) is 3.08. The van der Waals surface area contributed by atoms with Crippen LogP contribution in [-0.2, 0) is 14.8 Å². The molecule has 0 unspecified atom stereocenters. The molecule has 128 valence electrons. The van der Waals surface area contributed by atoms with Crippen LogP contribution in [0, 0.1) is 18.6 Å². The smallest absolute Gasteiger partial charge is 0.340 e. The molecule has 0 aliphatic carbocycles. The van der Waals surface area contributed by atoms with Crippen LogP contribution in [0.4, 0.5) is 14.5 Å². The number of sulfonamides is 1. The fraction of sp³-hybridized carbons (Fsp3) is 0.133. The van der Waals surface area contributed by atoms with Gasteiger partial charge in [0.2, 0.25) is 0 Å². The van der Waals surface area contributed by atoms with Gasteiger partial charge in [-0.2, -0.15) is 0 Å². The second-order valence-electron chi connectivity index (χ2n) is 4.84. The highest BCUT2D eigenvalue weighted by atomic mass is 35.5. The van der Waals surface area contributed by atoms with Gasteiger partial charge in [0.1, 0.15) is 16.5 Å². The lowest BCUT2D eigenvalue weighted by Gasteiger charge is -2.12. The molecule has 5 nitrogen and oxygen atoms in total. The minimum absolute atomic E-state index is 0.0572. The predicted octanol–water partition coefficient (Wildman–Crippen LogP) is 3.51. The summed E-state index contributed by atoms with van der Waals surface area (Å²) in [7, 11) is -3.23. The molecule has 0 bridgehead atoms. The van der Waals surface area contributed by atoms with Crippen LogP contribution in [0.1, 0.15) is 15.9 Å². The second-order valence-corrected chi connectivity index (χ2v) is 6.90. The zero-order valence-corrected chi connectivity index (χ0v) is 14.1. The first-order valence-corrected chi connectivity index (χ1v) is 8.38. The maximum absolute atomic E-state index is 13.9. The van der Waals surface area contributed by atoms with Crippen molar-refractivity contribution in [2.75, 3.05) is 11.8 Å². The molecular formula is C15H12ClF2NO4S. The maximum atomic E-state index is 13.9. The Bertz CT molecular complexity index is 916. The lowest BCUT2D eigenvalue weighted by atomic mass is 10.2. The van der Waals surface area contributed by atoms with Gasteiger partial charge in [0.15, 0.2) is 0 Å². The van der Waals surface area contributed by atoms with Gasteiger partial charge in [-0.25, -0.2) is 22.0 Å². The van der Waals surface area contributed by atoms with Crippen LogP contribution in [0.2, 0.25) is 5.02 Å². The van der Waals surface area contributed by atoms with E-state index in [2.05, 4.69) is 4.74 Å². The minimum atomic E-state index is -4.24. The van der Waals surface area contributed by atoms with Crippen LogP contribution >= 0.6 is 11.6 Å². The molecule has 1 N–H and O–H groups in total. The summed E-state index contributed by atoms with van der Waals surface area (Å²) in [4.78, 5) is 11.2. The van der Waals surface area contributed by atoms with Gasteiger partial charge in [-0.15, -0.1) is 0 Å². The van der Waals surface area contributed by atoms with E-state index in [9.17, 15) is 22.0 Å². The van der Waals surface area contributed by atoms with Gasteiger partial charge >= 0.3 is 5.97 Å². The summed E-state index contributed by atoms with van der Waals surface area (Å²) in [5.74, 6) is -3.43. The average molecular weight is 376 g/mol. The van der Waals surface area contributed by atoms with E-state index in [0.717, 1.165) is 18.7 Å². The van der Waals surface area contributed by atoms with Gasteiger partial charge in [-0.1, -0.05) is 17.7 Å². The zero-order chi connectivity index (χ0) is 18.1. The number of esters is 1. The molecule has 0 heterocycles. The number of carbonyl (C=O) groups is 1. The Labute approximate surface area is 142 Å². The van der Waals surface area contributed by atoms with Crippen LogP contribution in [0.5, 0.6) is 0 Å². The molecule has 0 amide bonds. The molecule has 0 fully saturated rings. The molecule has 9 heteroatoms. The first-order valence-electron chi connectivity index (χ1n) is 6.52. The van der Waals surface area contributed by atoms with Crippen LogP contribution in [0.15, 0.2) is 35.2 Å². The number of aryl methyl sites for hydroxylation is 1. The Morgan fingerprint density at radius 2 is 1.83 bits per heavy atom. The van der Waals surface area contributed by atoms with E-state index in [1.54, 1.807) is 6.92 Å². The lowest BCUT2D eigenvalue weighted by molar-refractivity contribution is 0.0595. The molecule has 0 atom stereocenters. The van der Waals surface area contributed by atoms with Crippen molar-refractivity contribution in [3.63, 3.8) is 0 Å². The van der Waals surface area contributed by atoms with Gasteiger partial charge in [0.25, 0.3) is 10.0 Å². The number of halogens is 3. The third kappa shape index (κ3) is 3.65. The Balaban J connectivity index is 2.48. The van der Waals surface area contributed by atoms with Crippen molar-refractivity contribution < 1.29 is 26.7 Å². The summed E-state index contributed by atoms with van der Waals surface area (Å²) in [6.45, 7) is 1.72. The predicted molar refractivity (Wildman–Crippen MR) is 84.7 cm³/mol. The summed E-state index contributed by atoms with van der Waals surface area (Å²) in [6.07, 6.45) is 0. The van der Waals surface area contributed by atoms with Crippen molar-refractivity contribution in [1.82, 2.24) is 0 Å². The van der Waals surface area contributed by atoms with Crippen molar-refractivity contribution in [2.24, 2.45) is 0 Å². The Morgan fingerprint density at radius 3 is 2.42 bits per heavy atom. The number of hydrogen-bond acceptors (Lipinski definition) is 4. The van der Waals surface area contributed by atoms with Crippen molar-refractivity contribution in [1.29, 1.82) is 0 Å². The number of anilines is 1. The zero-order valence-electron chi connectivity index (χ0n) is 12.6. The Kier molecular flexibility index (Phi) is 5.10. The number of methoxy groups -OCH3 is 1. The molecule has 24 heavy (non-hydrogen) atoms. The molecule has 0 saturated carbocycles. The van der Waals surface area contributed by atoms with Gasteiger partial charge in [0.05, 0.1) is 23.4 Å². The fourth-order valence-electron chi connectivity index (χ4n) is 1.92. The molecule has 0 spiro atoms. The van der Waals surface area contributed by atoms with E-state index in [4.69, 9.17) is 11.6 Å². The number of nitrogens with one attached hydrogen (secondary N) is 1. The topological polar surface area (TPSA) is 72.5 Å². The molecule has 0 aliphatic rings. The Hall–Kier alpha value is -2.19. The second kappa shape index (κ2) is 6.74. The van der Waals surface area contributed by atoms with Gasteiger partial charge in [0, 0.05) is 6.07 Å². The molecule has 0 radical (unpaired) electrons. The van der Waals surface area contributed by atoms with Crippen molar-refractivity contribution >= 4 is 33.3 Å². The Morgan fingerprint density at radius 1 is 1.17 bits per heavy atom. The number of hydrogen-bond donors (Lipinski definition) is 1. The molecule has 0 saturated heterocycles. The van der Waals surface area contributed by atoms with Crippen LogP contribution in [0.3, 0.4) is 0 Å². The summed E-state index contributed by atoms with van der Waals surface area (Å²) in [5, 5.41) is -0.0572. The highest BCUT2D eigenvalue weighted by Crippen LogP contribution is 2.27. The minimum Gasteiger partial charge on any atom is -0.465 e. The SMILES string of the molecule is COC(=O)c1cc(NS(=O)(=O)c2ccc(C)cc2Cl)c(F)cc1F. The van der Waals surface area contributed by atoms with Crippen LogP contribution < -0.4 is 4.72 Å². The molecule has 0 aromatic heterocycles. The third-order valence-corrected chi connectivity index (χ3v) is 4.93. The van der Waals surface area contributed by atoms with E-state index < -0.39 is 38.9 Å². The van der Waals surface area contributed by atoms with Crippen molar-refractivity contribution in [3.8, 4) is 0 Å².